The van der Waals surface area contributed by atoms with E-state index in [9.17, 15) is 31.1 Å². The molecule has 4 rings (SSSR count). The van der Waals surface area contributed by atoms with E-state index < -0.39 is 43.3 Å². The number of pyridine rings is 1. The molecule has 2 atom stereocenters. The molecule has 9 nitrogen and oxygen atoms in total. The van der Waals surface area contributed by atoms with E-state index in [1.807, 2.05) is 0 Å². The van der Waals surface area contributed by atoms with Crippen LogP contribution >= 0.6 is 0 Å². The van der Waals surface area contributed by atoms with E-state index in [1.54, 1.807) is 0 Å². The molecule has 1 aliphatic heterocycles. The van der Waals surface area contributed by atoms with E-state index in [-0.39, 0.29) is 41.2 Å². The van der Waals surface area contributed by atoms with Gasteiger partial charge in [0.2, 0.25) is 5.89 Å². The molecule has 15 heteroatoms. The normalized spacial score (nSPS) is 18.8. The van der Waals surface area contributed by atoms with Crippen LogP contribution in [-0.4, -0.2) is 53.3 Å². The molecular weight excluding hydrogens is 502 g/mol. The molecule has 1 aliphatic rings. The number of ether oxygens (including phenoxy) is 3. The Balaban J connectivity index is 1.27. The molecule has 36 heavy (non-hydrogen) atoms. The maximum Gasteiger partial charge on any atom is 0.522 e. The van der Waals surface area contributed by atoms with Gasteiger partial charge in [-0.25, -0.2) is 4.98 Å². The fourth-order valence-corrected chi connectivity index (χ4v) is 3.44. The van der Waals surface area contributed by atoms with E-state index in [0.29, 0.717) is 12.8 Å². The van der Waals surface area contributed by atoms with E-state index in [0.717, 1.165) is 12.1 Å². The lowest BCUT2D eigenvalue weighted by Crippen LogP contribution is -2.41. The summed E-state index contributed by atoms with van der Waals surface area (Å²) in [5, 5.41) is 10.3. The summed E-state index contributed by atoms with van der Waals surface area (Å²) in [5.74, 6) is -0.445. The Kier molecular flexibility index (Phi) is 7.31. The van der Waals surface area contributed by atoms with E-state index in [2.05, 4.69) is 25.2 Å². The third kappa shape index (κ3) is 6.60. The number of alkyl halides is 6. The number of fused-ring (bicyclic) bond motifs is 1. The average Bonchev–Trinajstić information content (AvgIpc) is 3.29. The lowest BCUT2D eigenvalue weighted by molar-refractivity contribution is -0.325. The maximum atomic E-state index is 12.9. The Bertz CT molecular complexity index is 1210. The minimum atomic E-state index is -4.77. The molecular formula is C21H18F6N4O5. The van der Waals surface area contributed by atoms with Crippen molar-refractivity contribution < 1.29 is 49.8 Å². The molecule has 1 amide bonds. The van der Waals surface area contributed by atoms with Crippen LogP contribution < -0.4 is 10.1 Å². The first-order chi connectivity index (χ1) is 17.0. The molecule has 1 fully saturated rings. The van der Waals surface area contributed by atoms with Crippen molar-refractivity contribution in [2.24, 2.45) is 0 Å². The first kappa shape index (κ1) is 25.6. The lowest BCUT2D eigenvalue weighted by atomic mass is 10.0. The number of hydrogen-bond donors (Lipinski definition) is 1. The Morgan fingerprint density at radius 3 is 2.56 bits per heavy atom. The number of rotatable bonds is 7. The molecule has 0 saturated carbocycles. The van der Waals surface area contributed by atoms with Crippen LogP contribution in [0, 0.1) is 0 Å². The molecule has 0 spiro atoms. The van der Waals surface area contributed by atoms with E-state index in [1.165, 1.54) is 18.2 Å². The number of halogens is 6. The van der Waals surface area contributed by atoms with Crippen LogP contribution in [0.1, 0.15) is 40.9 Å². The summed E-state index contributed by atoms with van der Waals surface area (Å²) in [7, 11) is 0. The average molecular weight is 520 g/mol. The third-order valence-corrected chi connectivity index (χ3v) is 5.13. The standard InChI is InChI=1S/C21H18F6N4O5/c22-20(23,24)12-2-5-14-11(9-12)1-4-15(29-14)17(32)28-13-3-6-16(34-10-13)18-30-31-19(36-18)33-7-8-35-21(25,26)27/h1-2,4-5,9,13,16H,3,6-8,10H2,(H,28,32)/t13-,16+/m1/s1. The van der Waals surface area contributed by atoms with Crippen molar-refractivity contribution >= 4 is 16.8 Å². The van der Waals surface area contributed by atoms with Gasteiger partial charge in [-0.3, -0.25) is 9.53 Å². The van der Waals surface area contributed by atoms with Crippen LogP contribution in [-0.2, 0) is 15.7 Å². The first-order valence-electron chi connectivity index (χ1n) is 10.6. The van der Waals surface area contributed by atoms with E-state index >= 15 is 0 Å². The van der Waals surface area contributed by atoms with Gasteiger partial charge in [-0.1, -0.05) is 11.2 Å². The second kappa shape index (κ2) is 10.3. The van der Waals surface area contributed by atoms with Gasteiger partial charge in [0.05, 0.1) is 30.3 Å². The third-order valence-electron chi connectivity index (χ3n) is 5.13. The smallest absolute Gasteiger partial charge is 0.447 e. The first-order valence-corrected chi connectivity index (χ1v) is 10.6. The Hall–Kier alpha value is -3.46. The SMILES string of the molecule is O=C(N[C@@H]1CC[C@@H](c2nnc(OCCOC(F)(F)F)o2)OC1)c1ccc2cc(C(F)(F)F)ccc2n1. The van der Waals surface area contributed by atoms with Gasteiger partial charge in [-0.05, 0) is 37.1 Å². The molecule has 1 N–H and O–H groups in total. The highest BCUT2D eigenvalue weighted by Crippen LogP contribution is 2.31. The highest BCUT2D eigenvalue weighted by molar-refractivity contribution is 5.95. The quantitative estimate of drug-likeness (QED) is 0.365. The Morgan fingerprint density at radius 1 is 1.06 bits per heavy atom. The van der Waals surface area contributed by atoms with Gasteiger partial charge in [-0.2, -0.15) is 13.2 Å². The van der Waals surface area contributed by atoms with Gasteiger partial charge < -0.3 is 19.2 Å². The monoisotopic (exact) mass is 520 g/mol. The van der Waals surface area contributed by atoms with Crippen molar-refractivity contribution in [3.63, 3.8) is 0 Å². The van der Waals surface area contributed by atoms with Gasteiger partial charge in [0.25, 0.3) is 5.91 Å². The molecule has 0 unspecified atom stereocenters. The second-order valence-electron chi connectivity index (χ2n) is 7.72. The number of amides is 1. The molecule has 0 bridgehead atoms. The van der Waals surface area contributed by atoms with Crippen molar-refractivity contribution in [2.45, 2.75) is 37.5 Å². The molecule has 1 saturated heterocycles. The zero-order valence-corrected chi connectivity index (χ0v) is 18.2. The molecule has 0 radical (unpaired) electrons. The van der Waals surface area contributed by atoms with Crippen molar-refractivity contribution in [3.8, 4) is 6.08 Å². The number of hydrogen-bond acceptors (Lipinski definition) is 8. The predicted octanol–water partition coefficient (Wildman–Crippen LogP) is 4.20. The predicted molar refractivity (Wildman–Crippen MR) is 108 cm³/mol. The highest BCUT2D eigenvalue weighted by Gasteiger charge is 2.31. The molecule has 194 valence electrons. The lowest BCUT2D eigenvalue weighted by Gasteiger charge is -2.27. The number of nitrogens with zero attached hydrogens (tertiary/aromatic N) is 3. The minimum absolute atomic E-state index is 0.0394. The van der Waals surface area contributed by atoms with Gasteiger partial charge in [0.15, 0.2) is 0 Å². The largest absolute Gasteiger partial charge is 0.522 e. The van der Waals surface area contributed by atoms with Crippen molar-refractivity contribution in [1.82, 2.24) is 20.5 Å². The van der Waals surface area contributed by atoms with Crippen LogP contribution in [0.4, 0.5) is 26.3 Å². The number of aromatic nitrogens is 3. The maximum absolute atomic E-state index is 12.9. The zero-order valence-electron chi connectivity index (χ0n) is 18.2. The van der Waals surface area contributed by atoms with Crippen molar-refractivity contribution in [1.29, 1.82) is 0 Å². The summed E-state index contributed by atoms with van der Waals surface area (Å²) >= 11 is 0. The van der Waals surface area contributed by atoms with Crippen LogP contribution in [0.15, 0.2) is 34.7 Å². The topological polar surface area (TPSA) is 109 Å². The number of nitrogens with one attached hydrogen (secondary N) is 1. The van der Waals surface area contributed by atoms with Crippen LogP contribution in [0.5, 0.6) is 6.08 Å². The molecule has 2 aromatic heterocycles. The molecule has 3 aromatic rings. The second-order valence-corrected chi connectivity index (χ2v) is 7.72. The van der Waals surface area contributed by atoms with Gasteiger partial charge in [0.1, 0.15) is 18.4 Å². The Morgan fingerprint density at radius 2 is 1.86 bits per heavy atom. The molecule has 3 heterocycles. The van der Waals surface area contributed by atoms with Gasteiger partial charge in [-0.15, -0.1) is 18.3 Å². The van der Waals surface area contributed by atoms with Crippen molar-refractivity contribution in [3.05, 3.63) is 47.5 Å². The van der Waals surface area contributed by atoms with Gasteiger partial charge >= 0.3 is 18.6 Å². The van der Waals surface area contributed by atoms with Crippen LogP contribution in [0.3, 0.4) is 0 Å². The summed E-state index contributed by atoms with van der Waals surface area (Å²) in [4.78, 5) is 16.7. The van der Waals surface area contributed by atoms with Gasteiger partial charge in [0, 0.05) is 5.39 Å². The summed E-state index contributed by atoms with van der Waals surface area (Å²) in [6, 6.07) is 5.42. The summed E-state index contributed by atoms with van der Waals surface area (Å²) in [6.45, 7) is -1.10. The van der Waals surface area contributed by atoms with Crippen LogP contribution in [0.25, 0.3) is 10.9 Å². The molecule has 1 aromatic carbocycles. The Labute approximate surface area is 198 Å². The molecule has 0 aliphatic carbocycles. The summed E-state index contributed by atoms with van der Waals surface area (Å²) < 4.78 is 93.8. The number of carbonyl (C=O) groups is 1. The fourth-order valence-electron chi connectivity index (χ4n) is 3.44. The number of carbonyl (C=O) groups excluding carboxylic acids is 1. The summed E-state index contributed by atoms with van der Waals surface area (Å²) in [6.07, 6.45) is -9.33. The van der Waals surface area contributed by atoms with E-state index in [4.69, 9.17) is 13.9 Å². The zero-order chi connectivity index (χ0) is 25.9. The number of benzene rings is 1. The van der Waals surface area contributed by atoms with Crippen LogP contribution in [0.2, 0.25) is 0 Å². The summed E-state index contributed by atoms with van der Waals surface area (Å²) in [5.41, 5.74) is -0.522. The fraction of sp³-hybridized carbons (Fsp3) is 0.429. The highest BCUT2D eigenvalue weighted by atomic mass is 19.4. The van der Waals surface area contributed by atoms with Crippen molar-refractivity contribution in [2.75, 3.05) is 19.8 Å². The minimum Gasteiger partial charge on any atom is -0.447 e.